The minimum Gasteiger partial charge on any atom is -0.496 e. The van der Waals surface area contributed by atoms with E-state index >= 15 is 0 Å². The highest BCUT2D eigenvalue weighted by molar-refractivity contribution is 5.86. The topological polar surface area (TPSA) is 75.5 Å². The lowest BCUT2D eigenvalue weighted by atomic mass is 10.1. The summed E-state index contributed by atoms with van der Waals surface area (Å²) in [5.41, 5.74) is 7.64. The van der Waals surface area contributed by atoms with Crippen LogP contribution in [0.2, 0.25) is 0 Å². The van der Waals surface area contributed by atoms with E-state index in [1.807, 2.05) is 54.6 Å². The molecule has 3 N–H and O–H groups in total. The largest absolute Gasteiger partial charge is 0.496 e. The molecule has 118 valence electrons. The van der Waals surface area contributed by atoms with Gasteiger partial charge in [0.2, 0.25) is 0 Å². The molecule has 0 aromatic heterocycles. The molecule has 2 aromatic rings. The van der Waals surface area contributed by atoms with Crippen molar-refractivity contribution in [2.75, 3.05) is 7.11 Å². The Morgan fingerprint density at radius 2 is 1.83 bits per heavy atom. The summed E-state index contributed by atoms with van der Waals surface area (Å²) in [7, 11) is 1.59. The summed E-state index contributed by atoms with van der Waals surface area (Å²) in [5, 5.41) is 2.46. The maximum atomic E-state index is 11.6. The summed E-state index contributed by atoms with van der Waals surface area (Å²) in [6.45, 7) is 0. The van der Waals surface area contributed by atoms with Crippen LogP contribution < -0.4 is 15.6 Å². The quantitative estimate of drug-likeness (QED) is 0.273. The van der Waals surface area contributed by atoms with Crippen LogP contribution in [0.1, 0.15) is 11.1 Å². The smallest absolute Gasteiger partial charge is 0.380 e. The molecule has 0 heterocycles. The number of nitrogens with two attached hydrogens (primary N) is 1. The zero-order chi connectivity index (χ0) is 16.5. The second kappa shape index (κ2) is 8.38. The summed E-state index contributed by atoms with van der Waals surface area (Å²) >= 11 is 0. The Bertz CT molecular complexity index is 709. The average molecular weight is 311 g/mol. The van der Waals surface area contributed by atoms with Gasteiger partial charge in [-0.25, -0.2) is 4.79 Å². The number of rotatable bonds is 6. The Morgan fingerprint density at radius 3 is 2.57 bits per heavy atom. The highest BCUT2D eigenvalue weighted by atomic mass is 16.7. The summed E-state index contributed by atoms with van der Waals surface area (Å²) in [6, 6.07) is 17.0. The molecule has 0 unspecified atom stereocenters. The molecule has 0 aliphatic carbocycles. The van der Waals surface area contributed by atoms with Crippen LogP contribution in [0.25, 0.3) is 6.08 Å². The first-order valence-corrected chi connectivity index (χ1v) is 7.12. The normalized spacial score (nSPS) is 11.4. The number of nitrogens with one attached hydrogen (secondary N) is 1. The van der Waals surface area contributed by atoms with E-state index in [0.29, 0.717) is 12.3 Å². The zero-order valence-electron chi connectivity index (χ0n) is 12.9. The summed E-state index contributed by atoms with van der Waals surface area (Å²) in [5.74, 6) is 0.514. The van der Waals surface area contributed by atoms with Crippen LogP contribution >= 0.6 is 0 Å². The standard InChI is InChI=1S/C18H18N2O3/c1-22-16-10-6-5-9-15(16)13-17(19)20-23-18(21)12-11-14-7-3-2-4-8-14/h2-12H,13H2,1H3,(H2,19,20)/p+1. The molecule has 23 heavy (non-hydrogen) atoms. The van der Waals surface area contributed by atoms with Crippen molar-refractivity contribution in [3.8, 4) is 5.75 Å². The Balaban J connectivity index is 1.91. The number of carbonyl (C=O) groups excluding carboxylic acids is 1. The molecule has 0 spiro atoms. The molecule has 5 heteroatoms. The number of hydrogen-bond acceptors (Lipinski definition) is 3. The van der Waals surface area contributed by atoms with Crippen molar-refractivity contribution in [3.63, 3.8) is 0 Å². The van der Waals surface area contributed by atoms with Crippen LogP contribution in [-0.2, 0) is 16.1 Å². The van der Waals surface area contributed by atoms with Gasteiger partial charge < -0.3 is 4.74 Å². The van der Waals surface area contributed by atoms with Gasteiger partial charge in [-0.2, -0.15) is 0 Å². The first-order chi connectivity index (χ1) is 11.2. The molecule has 0 atom stereocenters. The Labute approximate surface area is 135 Å². The molecule has 2 rings (SSSR count). The number of hydrogen-bond donors (Lipinski definition) is 2. The zero-order valence-corrected chi connectivity index (χ0v) is 12.9. The van der Waals surface area contributed by atoms with Crippen LogP contribution in [0.15, 0.2) is 60.7 Å². The van der Waals surface area contributed by atoms with Gasteiger partial charge in [0.25, 0.3) is 5.84 Å². The number of carbonyl (C=O) groups is 1. The maximum absolute atomic E-state index is 11.6. The van der Waals surface area contributed by atoms with Crippen LogP contribution in [0.3, 0.4) is 0 Å². The molecule has 2 aromatic carbocycles. The molecule has 0 saturated carbocycles. The fourth-order valence-corrected chi connectivity index (χ4v) is 1.97. The van der Waals surface area contributed by atoms with Crippen molar-refractivity contribution in [1.82, 2.24) is 0 Å². The third-order valence-corrected chi connectivity index (χ3v) is 3.07. The minimum absolute atomic E-state index is 0.316. The van der Waals surface area contributed by atoms with Gasteiger partial charge in [0.1, 0.15) is 5.75 Å². The molecule has 0 bridgehead atoms. The van der Waals surface area contributed by atoms with E-state index in [4.69, 9.17) is 15.3 Å². The number of para-hydroxylation sites is 1. The van der Waals surface area contributed by atoms with E-state index < -0.39 is 5.97 Å². The Morgan fingerprint density at radius 1 is 1.13 bits per heavy atom. The SMILES string of the molecule is COc1ccccc1CC(N)=[NH+]OC(=O)C=Cc1ccccc1. The van der Waals surface area contributed by atoms with Gasteiger partial charge in [-0.05, 0) is 17.7 Å². The lowest BCUT2D eigenvalue weighted by Crippen LogP contribution is -2.75. The lowest BCUT2D eigenvalue weighted by Gasteiger charge is -2.05. The van der Waals surface area contributed by atoms with Crippen molar-refractivity contribution in [2.45, 2.75) is 6.42 Å². The van der Waals surface area contributed by atoms with Gasteiger partial charge in [-0.3, -0.25) is 10.6 Å². The van der Waals surface area contributed by atoms with Crippen molar-refractivity contribution in [2.24, 2.45) is 5.73 Å². The summed E-state index contributed by atoms with van der Waals surface area (Å²) in [4.78, 5) is 16.5. The third kappa shape index (κ3) is 5.32. The van der Waals surface area contributed by atoms with Gasteiger partial charge >= 0.3 is 5.97 Å². The van der Waals surface area contributed by atoms with Crippen LogP contribution in [0.4, 0.5) is 0 Å². The minimum atomic E-state index is -0.531. The predicted octanol–water partition coefficient (Wildman–Crippen LogP) is 0.847. The summed E-state index contributed by atoms with van der Waals surface area (Å²) < 4.78 is 5.24. The molecule has 0 aliphatic rings. The molecular formula is C18H19N2O3+. The molecule has 5 nitrogen and oxygen atoms in total. The molecule has 0 aliphatic heterocycles. The van der Waals surface area contributed by atoms with Crippen molar-refractivity contribution in [1.29, 1.82) is 0 Å². The van der Waals surface area contributed by atoms with Gasteiger partial charge in [0, 0.05) is 11.6 Å². The molecular weight excluding hydrogens is 292 g/mol. The Hall–Kier alpha value is -3.08. The molecule has 0 fully saturated rings. The van der Waals surface area contributed by atoms with Gasteiger partial charge in [0.15, 0.2) is 0 Å². The van der Waals surface area contributed by atoms with Crippen LogP contribution in [-0.4, -0.2) is 18.9 Å². The molecule has 0 amide bonds. The second-order valence-electron chi connectivity index (χ2n) is 4.78. The van der Waals surface area contributed by atoms with E-state index in [1.165, 1.54) is 6.08 Å². The van der Waals surface area contributed by atoms with Crippen LogP contribution in [0, 0.1) is 0 Å². The molecule has 0 radical (unpaired) electrons. The lowest BCUT2D eigenvalue weighted by molar-refractivity contribution is -0.723. The van der Waals surface area contributed by atoms with E-state index in [0.717, 1.165) is 16.9 Å². The van der Waals surface area contributed by atoms with Crippen LogP contribution in [0.5, 0.6) is 5.75 Å². The Kier molecular flexibility index (Phi) is 5.94. The van der Waals surface area contributed by atoms with Crippen molar-refractivity contribution < 1.29 is 19.5 Å². The van der Waals surface area contributed by atoms with Gasteiger partial charge in [0.05, 0.1) is 13.5 Å². The number of methoxy groups -OCH3 is 1. The monoisotopic (exact) mass is 311 g/mol. The van der Waals surface area contributed by atoms with Crippen molar-refractivity contribution >= 4 is 17.9 Å². The highest BCUT2D eigenvalue weighted by Gasteiger charge is 2.08. The van der Waals surface area contributed by atoms with Gasteiger partial charge in [-0.1, -0.05) is 53.7 Å². The average Bonchev–Trinajstić information content (AvgIpc) is 2.59. The fraction of sp³-hybridized carbons (Fsp3) is 0.111. The van der Waals surface area contributed by atoms with E-state index in [2.05, 4.69) is 5.16 Å². The maximum Gasteiger partial charge on any atom is 0.380 e. The van der Waals surface area contributed by atoms with E-state index in [-0.39, 0.29) is 0 Å². The first kappa shape index (κ1) is 16.3. The van der Waals surface area contributed by atoms with Crippen molar-refractivity contribution in [3.05, 3.63) is 71.8 Å². The van der Waals surface area contributed by atoms with E-state index in [9.17, 15) is 4.79 Å². The van der Waals surface area contributed by atoms with Gasteiger partial charge in [-0.15, -0.1) is 0 Å². The third-order valence-electron chi connectivity index (χ3n) is 3.07. The molecule has 0 saturated heterocycles. The number of benzene rings is 2. The number of ether oxygens (including phenoxy) is 1. The predicted molar refractivity (Wildman–Crippen MR) is 88.4 cm³/mol. The number of amidine groups is 1. The highest BCUT2D eigenvalue weighted by Crippen LogP contribution is 2.16. The van der Waals surface area contributed by atoms with E-state index in [1.54, 1.807) is 13.2 Å². The fourth-order valence-electron chi connectivity index (χ4n) is 1.97. The second-order valence-corrected chi connectivity index (χ2v) is 4.78. The first-order valence-electron chi connectivity index (χ1n) is 7.12. The summed E-state index contributed by atoms with van der Waals surface area (Å²) in [6.07, 6.45) is 3.39.